The van der Waals surface area contributed by atoms with Crippen molar-refractivity contribution >= 4 is 5.97 Å². The van der Waals surface area contributed by atoms with Crippen molar-refractivity contribution in [2.75, 3.05) is 0 Å². The molecular formula is C8H14N2O2. The molecule has 0 saturated heterocycles. The van der Waals surface area contributed by atoms with Crippen molar-refractivity contribution in [3.63, 3.8) is 0 Å². The molecule has 0 fully saturated rings. The molecular weight excluding hydrogens is 156 g/mol. The van der Waals surface area contributed by atoms with E-state index in [9.17, 15) is 4.79 Å². The lowest BCUT2D eigenvalue weighted by Crippen LogP contribution is -1.86. The predicted molar refractivity (Wildman–Crippen MR) is 45.8 cm³/mol. The fraction of sp³-hybridized carbons (Fsp3) is 0.500. The van der Waals surface area contributed by atoms with Crippen molar-refractivity contribution in [2.45, 2.75) is 26.8 Å². The monoisotopic (exact) mass is 170 g/mol. The summed E-state index contributed by atoms with van der Waals surface area (Å²) in [6.45, 7) is 4.70. The molecule has 1 aromatic heterocycles. The lowest BCUT2D eigenvalue weighted by molar-refractivity contribution is -0.136. The van der Waals surface area contributed by atoms with Crippen molar-refractivity contribution < 1.29 is 9.90 Å². The molecule has 1 aromatic rings. The number of carboxylic acids is 1. The number of nitrogens with zero attached hydrogens (tertiary/aromatic N) is 2. The van der Waals surface area contributed by atoms with Crippen LogP contribution in [-0.4, -0.2) is 20.6 Å². The highest BCUT2D eigenvalue weighted by Crippen LogP contribution is 1.81. The first kappa shape index (κ1) is 10.7. The molecule has 1 N–H and O–H groups in total. The Balaban J connectivity index is 0.000000217. The average molecular weight is 170 g/mol. The summed E-state index contributed by atoms with van der Waals surface area (Å²) in [6, 6.07) is 0. The van der Waals surface area contributed by atoms with Crippen LogP contribution in [0.15, 0.2) is 18.7 Å². The van der Waals surface area contributed by atoms with Gasteiger partial charge in [-0.2, -0.15) is 0 Å². The van der Waals surface area contributed by atoms with Gasteiger partial charge in [-0.3, -0.25) is 4.79 Å². The minimum atomic E-state index is -0.745. The molecule has 0 aromatic carbocycles. The summed E-state index contributed by atoms with van der Waals surface area (Å²) >= 11 is 0. The summed E-state index contributed by atoms with van der Waals surface area (Å²) in [5.74, 6) is -0.745. The summed E-state index contributed by atoms with van der Waals surface area (Å²) in [6.07, 6.45) is 5.75. The second-order valence-corrected chi connectivity index (χ2v) is 2.14. The van der Waals surface area contributed by atoms with Gasteiger partial charge in [0.2, 0.25) is 0 Å². The summed E-state index contributed by atoms with van der Waals surface area (Å²) in [4.78, 5) is 13.2. The Morgan fingerprint density at radius 3 is 2.33 bits per heavy atom. The molecule has 0 atom stereocenters. The molecule has 4 heteroatoms. The number of rotatable bonds is 2. The number of aliphatic carboxylic acids is 1. The Bertz CT molecular complexity index is 207. The standard InChI is InChI=1S/C5H8N2.C3H6O2/c1-2-7-4-3-6-5-7;1-2-3(4)5/h3-5H,2H2,1H3;2H2,1H3,(H,4,5). The SMILES string of the molecule is CCC(=O)O.CCn1ccnc1. The van der Waals surface area contributed by atoms with E-state index in [4.69, 9.17) is 5.11 Å². The third kappa shape index (κ3) is 5.46. The Kier molecular flexibility index (Phi) is 5.69. The highest BCUT2D eigenvalue weighted by atomic mass is 16.4. The number of carbonyl (C=O) groups is 1. The van der Waals surface area contributed by atoms with Crippen LogP contribution >= 0.6 is 0 Å². The number of hydrogen-bond donors (Lipinski definition) is 1. The van der Waals surface area contributed by atoms with E-state index in [0.29, 0.717) is 0 Å². The summed E-state index contributed by atoms with van der Waals surface area (Å²) in [7, 11) is 0. The summed E-state index contributed by atoms with van der Waals surface area (Å²) < 4.78 is 2.01. The van der Waals surface area contributed by atoms with Crippen LogP contribution in [0.1, 0.15) is 20.3 Å². The Hall–Kier alpha value is -1.32. The van der Waals surface area contributed by atoms with Gasteiger partial charge >= 0.3 is 5.97 Å². The Labute approximate surface area is 71.9 Å². The molecule has 0 aliphatic heterocycles. The number of carboxylic acid groups (broad SMARTS) is 1. The van der Waals surface area contributed by atoms with Crippen molar-refractivity contribution in [3.05, 3.63) is 18.7 Å². The Morgan fingerprint density at radius 1 is 1.58 bits per heavy atom. The molecule has 0 spiro atoms. The van der Waals surface area contributed by atoms with Gasteiger partial charge < -0.3 is 9.67 Å². The van der Waals surface area contributed by atoms with Gasteiger partial charge in [0.1, 0.15) is 0 Å². The zero-order valence-electron chi connectivity index (χ0n) is 7.40. The molecule has 0 bridgehead atoms. The summed E-state index contributed by atoms with van der Waals surface area (Å²) in [5.41, 5.74) is 0. The topological polar surface area (TPSA) is 55.1 Å². The zero-order chi connectivity index (χ0) is 9.40. The van der Waals surface area contributed by atoms with Gasteiger partial charge in [-0.15, -0.1) is 0 Å². The van der Waals surface area contributed by atoms with Gasteiger partial charge in [0.15, 0.2) is 0 Å². The third-order valence-corrected chi connectivity index (χ3v) is 1.23. The lowest BCUT2D eigenvalue weighted by Gasteiger charge is -1.87. The number of aromatic nitrogens is 2. The molecule has 1 rings (SSSR count). The van der Waals surface area contributed by atoms with Crippen LogP contribution in [0.5, 0.6) is 0 Å². The van der Waals surface area contributed by atoms with Crippen molar-refractivity contribution in [1.29, 1.82) is 0 Å². The van der Waals surface area contributed by atoms with E-state index in [-0.39, 0.29) is 6.42 Å². The number of aryl methyl sites for hydroxylation is 1. The maximum atomic E-state index is 9.37. The quantitative estimate of drug-likeness (QED) is 0.729. The first-order valence-electron chi connectivity index (χ1n) is 3.88. The molecule has 68 valence electrons. The second kappa shape index (κ2) is 6.39. The molecule has 4 nitrogen and oxygen atoms in total. The van der Waals surface area contributed by atoms with E-state index < -0.39 is 5.97 Å². The fourth-order valence-corrected chi connectivity index (χ4v) is 0.474. The first-order chi connectivity index (χ1) is 5.70. The highest BCUT2D eigenvalue weighted by molar-refractivity contribution is 5.66. The molecule has 0 aliphatic carbocycles. The minimum Gasteiger partial charge on any atom is -0.481 e. The molecule has 1 heterocycles. The van der Waals surface area contributed by atoms with Crippen molar-refractivity contribution in [1.82, 2.24) is 9.55 Å². The largest absolute Gasteiger partial charge is 0.481 e. The fourth-order valence-electron chi connectivity index (χ4n) is 0.474. The number of imidazole rings is 1. The molecule has 0 unspecified atom stereocenters. The van der Waals surface area contributed by atoms with E-state index in [1.807, 2.05) is 10.8 Å². The molecule has 0 radical (unpaired) electrons. The number of hydrogen-bond acceptors (Lipinski definition) is 2. The first-order valence-corrected chi connectivity index (χ1v) is 3.88. The maximum Gasteiger partial charge on any atom is 0.303 e. The van der Waals surface area contributed by atoms with Gasteiger partial charge in [0.25, 0.3) is 0 Å². The third-order valence-electron chi connectivity index (χ3n) is 1.23. The van der Waals surface area contributed by atoms with Crippen molar-refractivity contribution in [3.8, 4) is 0 Å². The molecule has 0 saturated carbocycles. The van der Waals surface area contributed by atoms with E-state index in [2.05, 4.69) is 11.9 Å². The van der Waals surface area contributed by atoms with Gasteiger partial charge in [0, 0.05) is 25.4 Å². The maximum absolute atomic E-state index is 9.37. The van der Waals surface area contributed by atoms with Gasteiger partial charge in [0.05, 0.1) is 6.33 Å². The van der Waals surface area contributed by atoms with Crippen LogP contribution in [0.2, 0.25) is 0 Å². The average Bonchev–Trinajstić information content (AvgIpc) is 2.57. The van der Waals surface area contributed by atoms with E-state index >= 15 is 0 Å². The second-order valence-electron chi connectivity index (χ2n) is 2.14. The van der Waals surface area contributed by atoms with Crippen LogP contribution in [0.4, 0.5) is 0 Å². The van der Waals surface area contributed by atoms with Crippen LogP contribution in [0, 0.1) is 0 Å². The van der Waals surface area contributed by atoms with Gasteiger partial charge in [-0.1, -0.05) is 6.92 Å². The van der Waals surface area contributed by atoms with Crippen LogP contribution < -0.4 is 0 Å². The van der Waals surface area contributed by atoms with E-state index in [0.717, 1.165) is 6.54 Å². The van der Waals surface area contributed by atoms with Crippen molar-refractivity contribution in [2.24, 2.45) is 0 Å². The van der Waals surface area contributed by atoms with Crippen LogP contribution in [-0.2, 0) is 11.3 Å². The molecule has 12 heavy (non-hydrogen) atoms. The zero-order valence-corrected chi connectivity index (χ0v) is 7.40. The lowest BCUT2D eigenvalue weighted by atomic mass is 10.5. The predicted octanol–water partition coefficient (Wildman–Crippen LogP) is 1.38. The summed E-state index contributed by atoms with van der Waals surface area (Å²) in [5, 5.41) is 7.72. The Morgan fingerprint density at radius 2 is 2.17 bits per heavy atom. The van der Waals surface area contributed by atoms with Gasteiger partial charge in [-0.05, 0) is 6.92 Å². The molecule has 0 amide bonds. The van der Waals surface area contributed by atoms with E-state index in [1.165, 1.54) is 0 Å². The minimum absolute atomic E-state index is 0.222. The molecule has 0 aliphatic rings. The normalized spacial score (nSPS) is 8.50. The van der Waals surface area contributed by atoms with Gasteiger partial charge in [-0.25, -0.2) is 4.98 Å². The van der Waals surface area contributed by atoms with E-state index in [1.54, 1.807) is 19.4 Å². The smallest absolute Gasteiger partial charge is 0.303 e. The van der Waals surface area contributed by atoms with Crippen LogP contribution in [0.3, 0.4) is 0 Å². The van der Waals surface area contributed by atoms with Crippen LogP contribution in [0.25, 0.3) is 0 Å². The highest BCUT2D eigenvalue weighted by Gasteiger charge is 1.80.